The van der Waals surface area contributed by atoms with Crippen LogP contribution in [-0.2, 0) is 10.3 Å². The number of guanidine groups is 1. The van der Waals surface area contributed by atoms with E-state index in [1.165, 1.54) is 17.7 Å². The fraction of sp³-hybridized carbons (Fsp3) is 0.556. The number of aliphatic imine (C=N–C) groups is 1. The van der Waals surface area contributed by atoms with E-state index < -0.39 is 5.54 Å². The van der Waals surface area contributed by atoms with Gasteiger partial charge in [-0.3, -0.25) is 9.69 Å². The third-order valence-corrected chi connectivity index (χ3v) is 5.81. The van der Waals surface area contributed by atoms with Crippen molar-refractivity contribution in [2.75, 3.05) is 7.05 Å². The predicted molar refractivity (Wildman–Crippen MR) is 96.4 cm³/mol. The van der Waals surface area contributed by atoms with Gasteiger partial charge in [0.1, 0.15) is 19.2 Å². The van der Waals surface area contributed by atoms with Crippen molar-refractivity contribution in [1.82, 2.24) is 4.90 Å². The summed E-state index contributed by atoms with van der Waals surface area (Å²) < 4.78 is 6.52. The van der Waals surface area contributed by atoms with Gasteiger partial charge in [-0.2, -0.15) is 0 Å². The first-order valence-corrected chi connectivity index (χ1v) is 8.89. The van der Waals surface area contributed by atoms with Crippen LogP contribution in [0.4, 0.5) is 0 Å². The van der Waals surface area contributed by atoms with E-state index in [-0.39, 0.29) is 11.5 Å². The largest absolute Gasteiger partial charge is 0.487 e. The van der Waals surface area contributed by atoms with Crippen LogP contribution in [0.5, 0.6) is 5.75 Å². The minimum absolute atomic E-state index is 0.0289. The Morgan fingerprint density at radius 1 is 1.25 bits per heavy atom. The highest BCUT2D eigenvalue weighted by Crippen LogP contribution is 2.52. The molecule has 1 unspecified atom stereocenters. The van der Waals surface area contributed by atoms with Crippen molar-refractivity contribution in [3.05, 3.63) is 23.8 Å². The highest BCUT2D eigenvalue weighted by molar-refractivity contribution is 6.32. The molecular weight excluding hydrogens is 301 g/mol. The van der Waals surface area contributed by atoms with Gasteiger partial charge in [-0.15, -0.1) is 0 Å². The summed E-state index contributed by atoms with van der Waals surface area (Å²) in [6.45, 7) is 0. The SMILES string of the molecule is Bc1ccc2c(c1)C1(CC3(CCCCCC3)O2)N=C(N)N(C)C1=O. The second-order valence-corrected chi connectivity index (χ2v) is 7.57. The molecule has 1 fully saturated rings. The maximum absolute atomic E-state index is 13.2. The molecule has 1 amide bonds. The van der Waals surface area contributed by atoms with Crippen molar-refractivity contribution >= 4 is 25.2 Å². The Kier molecular flexibility index (Phi) is 3.41. The zero-order chi connectivity index (χ0) is 16.9. The van der Waals surface area contributed by atoms with Crippen LogP contribution in [0.2, 0.25) is 0 Å². The first-order valence-electron chi connectivity index (χ1n) is 8.89. The summed E-state index contributed by atoms with van der Waals surface area (Å²) in [5.74, 6) is 1.07. The molecule has 1 aromatic rings. The number of nitrogens with zero attached hydrogens (tertiary/aromatic N) is 2. The molecule has 1 atom stereocenters. The highest BCUT2D eigenvalue weighted by Gasteiger charge is 2.57. The second kappa shape index (κ2) is 5.26. The number of rotatable bonds is 0. The Balaban J connectivity index is 1.89. The van der Waals surface area contributed by atoms with Gasteiger partial charge in [0.15, 0.2) is 11.5 Å². The monoisotopic (exact) mass is 325 g/mol. The van der Waals surface area contributed by atoms with Gasteiger partial charge in [-0.25, -0.2) is 4.99 Å². The molecular formula is C18H24BN3O2. The van der Waals surface area contributed by atoms with Crippen LogP contribution in [0.15, 0.2) is 23.2 Å². The van der Waals surface area contributed by atoms with Gasteiger partial charge < -0.3 is 10.5 Å². The average Bonchev–Trinajstić information content (AvgIpc) is 2.73. The molecule has 0 bridgehead atoms. The number of hydrogen-bond donors (Lipinski definition) is 1. The van der Waals surface area contributed by atoms with Crippen LogP contribution in [0.3, 0.4) is 0 Å². The number of ether oxygens (including phenoxy) is 1. The smallest absolute Gasteiger partial charge is 0.261 e. The maximum atomic E-state index is 13.2. The number of carbonyl (C=O) groups excluding carboxylic acids is 1. The summed E-state index contributed by atoms with van der Waals surface area (Å²) in [5, 5.41) is 0. The van der Waals surface area contributed by atoms with Gasteiger partial charge in [0.25, 0.3) is 5.91 Å². The summed E-state index contributed by atoms with van der Waals surface area (Å²) in [5.41, 5.74) is 6.79. The third-order valence-electron chi connectivity index (χ3n) is 5.81. The lowest BCUT2D eigenvalue weighted by atomic mass is 9.72. The zero-order valence-corrected chi connectivity index (χ0v) is 14.5. The predicted octanol–water partition coefficient (Wildman–Crippen LogP) is 0.803. The normalized spacial score (nSPS) is 28.5. The van der Waals surface area contributed by atoms with E-state index in [0.717, 1.165) is 42.5 Å². The minimum Gasteiger partial charge on any atom is -0.487 e. The summed E-state index contributed by atoms with van der Waals surface area (Å²) in [6, 6.07) is 6.07. The quantitative estimate of drug-likeness (QED) is 0.718. The van der Waals surface area contributed by atoms with Crippen molar-refractivity contribution in [3.63, 3.8) is 0 Å². The molecule has 1 saturated carbocycles. The summed E-state index contributed by atoms with van der Waals surface area (Å²) in [4.78, 5) is 19.3. The molecule has 4 rings (SSSR count). The molecule has 6 heteroatoms. The molecule has 5 nitrogen and oxygen atoms in total. The average molecular weight is 325 g/mol. The van der Waals surface area contributed by atoms with Crippen molar-refractivity contribution in [2.45, 2.75) is 56.1 Å². The van der Waals surface area contributed by atoms with Crippen molar-refractivity contribution in [2.24, 2.45) is 10.7 Å². The Bertz CT molecular complexity index is 725. The molecule has 2 heterocycles. The van der Waals surface area contributed by atoms with E-state index in [4.69, 9.17) is 15.5 Å². The van der Waals surface area contributed by atoms with Crippen LogP contribution in [-0.4, -0.2) is 37.3 Å². The number of likely N-dealkylation sites (N-methyl/N-ethyl adjacent to an activating group) is 1. The molecule has 1 aromatic carbocycles. The fourth-order valence-electron chi connectivity index (χ4n) is 4.53. The van der Waals surface area contributed by atoms with Crippen molar-refractivity contribution < 1.29 is 9.53 Å². The van der Waals surface area contributed by atoms with E-state index in [1.807, 2.05) is 26.0 Å². The van der Waals surface area contributed by atoms with Crippen LogP contribution >= 0.6 is 0 Å². The summed E-state index contributed by atoms with van der Waals surface area (Å²) >= 11 is 0. The van der Waals surface area contributed by atoms with Crippen LogP contribution in [0, 0.1) is 0 Å². The van der Waals surface area contributed by atoms with Gasteiger partial charge in [0, 0.05) is 19.0 Å². The van der Waals surface area contributed by atoms with Gasteiger partial charge in [-0.05, 0) is 31.7 Å². The topological polar surface area (TPSA) is 67.9 Å². The lowest BCUT2D eigenvalue weighted by molar-refractivity contribution is -0.134. The Hall–Kier alpha value is -1.98. The van der Waals surface area contributed by atoms with E-state index in [1.54, 1.807) is 7.05 Å². The first-order chi connectivity index (χ1) is 11.5. The lowest BCUT2D eigenvalue weighted by Gasteiger charge is -2.45. The number of fused-ring (bicyclic) bond motifs is 2. The van der Waals surface area contributed by atoms with Gasteiger partial charge >= 0.3 is 0 Å². The number of hydrogen-bond acceptors (Lipinski definition) is 4. The molecule has 3 aliphatic rings. The van der Waals surface area contributed by atoms with E-state index in [2.05, 4.69) is 0 Å². The zero-order valence-electron chi connectivity index (χ0n) is 14.5. The number of amides is 1. The van der Waals surface area contributed by atoms with Gasteiger partial charge in [0.05, 0.1) is 0 Å². The molecule has 126 valence electrons. The standard InChI is InChI=1S/C18H24BN3O2/c1-22-15(23)18(21-16(22)20)11-17(8-4-2-3-5-9-17)24-14-7-6-12(19)10-13(14)18/h6-7,10H,2-5,8-9,11,19H2,1H3,(H2,20,21). The Morgan fingerprint density at radius 2 is 1.96 bits per heavy atom. The summed E-state index contributed by atoms with van der Waals surface area (Å²) in [6.07, 6.45) is 7.31. The Labute approximate surface area is 143 Å². The lowest BCUT2D eigenvalue weighted by Crippen LogP contribution is -2.51. The number of benzene rings is 1. The Morgan fingerprint density at radius 3 is 2.58 bits per heavy atom. The molecule has 2 N–H and O–H groups in total. The number of nitrogens with two attached hydrogens (primary N) is 1. The van der Waals surface area contributed by atoms with Crippen LogP contribution in [0.25, 0.3) is 0 Å². The molecule has 0 radical (unpaired) electrons. The van der Waals surface area contributed by atoms with Crippen molar-refractivity contribution in [3.8, 4) is 5.75 Å². The van der Waals surface area contributed by atoms with Crippen LogP contribution < -0.4 is 15.9 Å². The molecule has 2 aliphatic heterocycles. The fourth-order valence-corrected chi connectivity index (χ4v) is 4.53. The molecule has 0 aromatic heterocycles. The van der Waals surface area contributed by atoms with Crippen LogP contribution in [0.1, 0.15) is 50.5 Å². The van der Waals surface area contributed by atoms with Gasteiger partial charge in [-0.1, -0.05) is 30.4 Å². The molecule has 2 spiro atoms. The second-order valence-electron chi connectivity index (χ2n) is 7.57. The molecule has 24 heavy (non-hydrogen) atoms. The van der Waals surface area contributed by atoms with E-state index in [9.17, 15) is 4.79 Å². The molecule has 1 aliphatic carbocycles. The van der Waals surface area contributed by atoms with E-state index >= 15 is 0 Å². The minimum atomic E-state index is -0.914. The van der Waals surface area contributed by atoms with Crippen molar-refractivity contribution in [1.29, 1.82) is 0 Å². The summed E-state index contributed by atoms with van der Waals surface area (Å²) in [7, 11) is 3.74. The van der Waals surface area contributed by atoms with Gasteiger partial charge in [0.2, 0.25) is 0 Å². The highest BCUT2D eigenvalue weighted by atomic mass is 16.5. The number of carbonyl (C=O) groups is 1. The first kappa shape index (κ1) is 15.5. The molecule has 0 saturated heterocycles. The van der Waals surface area contributed by atoms with E-state index in [0.29, 0.717) is 12.4 Å². The third kappa shape index (κ3) is 2.15. The maximum Gasteiger partial charge on any atom is 0.261 e.